The quantitative estimate of drug-likeness (QED) is 0.688. The van der Waals surface area contributed by atoms with Gasteiger partial charge in [-0.15, -0.1) is 11.8 Å². The molecular formula is C16H23NO3S. The number of hydrogen-bond acceptors (Lipinski definition) is 3. The summed E-state index contributed by atoms with van der Waals surface area (Å²) in [4.78, 5) is 22.7. The van der Waals surface area contributed by atoms with Crippen molar-refractivity contribution in [3.05, 3.63) is 35.9 Å². The first kappa shape index (κ1) is 17.6. The number of carbonyl (C=O) groups is 2. The molecule has 0 aliphatic heterocycles. The van der Waals surface area contributed by atoms with E-state index < -0.39 is 11.2 Å². The Hall–Kier alpha value is -1.49. The molecule has 0 bridgehead atoms. The molecule has 0 aliphatic rings. The standard InChI is InChI=1S/C16H23NO3S/c1-12(2)15(16(19)20)21-11-14(18)17-10-6-9-13-7-4-3-5-8-13/h3-5,7-8,12,15H,6,9-11H2,1-2H3,(H,17,18)(H,19,20). The molecule has 21 heavy (non-hydrogen) atoms. The summed E-state index contributed by atoms with van der Waals surface area (Å²) in [6.07, 6.45) is 1.81. The lowest BCUT2D eigenvalue weighted by Crippen LogP contribution is -2.30. The molecule has 0 saturated carbocycles. The largest absolute Gasteiger partial charge is 0.480 e. The summed E-state index contributed by atoms with van der Waals surface area (Å²) in [5.74, 6) is -0.745. The minimum atomic E-state index is -0.855. The van der Waals surface area contributed by atoms with E-state index in [9.17, 15) is 9.59 Å². The normalized spacial score (nSPS) is 12.1. The zero-order valence-corrected chi connectivity index (χ0v) is 13.4. The minimum Gasteiger partial charge on any atom is -0.480 e. The van der Waals surface area contributed by atoms with Gasteiger partial charge in [-0.05, 0) is 24.3 Å². The highest BCUT2D eigenvalue weighted by atomic mass is 32.2. The van der Waals surface area contributed by atoms with Crippen LogP contribution in [0.1, 0.15) is 25.8 Å². The van der Waals surface area contributed by atoms with Crippen LogP contribution in [-0.2, 0) is 16.0 Å². The molecule has 0 aromatic heterocycles. The highest BCUT2D eigenvalue weighted by molar-refractivity contribution is 8.01. The molecule has 4 nitrogen and oxygen atoms in total. The lowest BCUT2D eigenvalue weighted by atomic mass is 10.1. The van der Waals surface area contributed by atoms with E-state index in [2.05, 4.69) is 17.4 Å². The second-order valence-corrected chi connectivity index (χ2v) is 6.38. The summed E-state index contributed by atoms with van der Waals surface area (Å²) >= 11 is 1.19. The lowest BCUT2D eigenvalue weighted by molar-refractivity contribution is -0.137. The van der Waals surface area contributed by atoms with E-state index in [-0.39, 0.29) is 17.6 Å². The Labute approximate surface area is 130 Å². The van der Waals surface area contributed by atoms with Crippen molar-refractivity contribution >= 4 is 23.6 Å². The Bertz CT molecular complexity index is 448. The molecule has 0 saturated heterocycles. The smallest absolute Gasteiger partial charge is 0.316 e. The predicted molar refractivity (Wildman–Crippen MR) is 86.5 cm³/mol. The predicted octanol–water partition coefficient (Wildman–Crippen LogP) is 2.58. The fourth-order valence-electron chi connectivity index (χ4n) is 1.93. The fourth-order valence-corrected chi connectivity index (χ4v) is 2.89. The minimum absolute atomic E-state index is 0.0124. The molecule has 1 aromatic rings. The van der Waals surface area contributed by atoms with Crippen molar-refractivity contribution in [1.82, 2.24) is 5.32 Å². The molecule has 0 fully saturated rings. The van der Waals surface area contributed by atoms with Crippen LogP contribution in [-0.4, -0.2) is 34.5 Å². The number of nitrogens with one attached hydrogen (secondary N) is 1. The second-order valence-electron chi connectivity index (χ2n) is 5.25. The highest BCUT2D eigenvalue weighted by Crippen LogP contribution is 2.19. The van der Waals surface area contributed by atoms with Crippen LogP contribution >= 0.6 is 11.8 Å². The van der Waals surface area contributed by atoms with Gasteiger partial charge >= 0.3 is 5.97 Å². The SMILES string of the molecule is CC(C)C(SCC(=O)NCCCc1ccccc1)C(=O)O. The van der Waals surface area contributed by atoms with E-state index in [1.54, 1.807) is 0 Å². The van der Waals surface area contributed by atoms with Gasteiger partial charge in [0.15, 0.2) is 0 Å². The van der Waals surface area contributed by atoms with Crippen molar-refractivity contribution < 1.29 is 14.7 Å². The number of hydrogen-bond donors (Lipinski definition) is 2. The van der Waals surface area contributed by atoms with Gasteiger partial charge in [0.2, 0.25) is 5.91 Å². The maximum atomic E-state index is 11.7. The molecule has 0 heterocycles. The van der Waals surface area contributed by atoms with Gasteiger partial charge in [0, 0.05) is 6.54 Å². The van der Waals surface area contributed by atoms with E-state index >= 15 is 0 Å². The third-order valence-electron chi connectivity index (χ3n) is 3.05. The molecule has 116 valence electrons. The van der Waals surface area contributed by atoms with Crippen LogP contribution in [0, 0.1) is 5.92 Å². The third-order valence-corrected chi connectivity index (χ3v) is 4.58. The zero-order valence-electron chi connectivity index (χ0n) is 12.5. The number of rotatable bonds is 9. The number of thioether (sulfide) groups is 1. The van der Waals surface area contributed by atoms with Gasteiger partial charge in [-0.2, -0.15) is 0 Å². The molecule has 1 unspecified atom stereocenters. The van der Waals surface area contributed by atoms with Crippen molar-refractivity contribution in [2.24, 2.45) is 5.92 Å². The van der Waals surface area contributed by atoms with Crippen molar-refractivity contribution in [3.8, 4) is 0 Å². The van der Waals surface area contributed by atoms with Crippen molar-refractivity contribution in [3.63, 3.8) is 0 Å². The first-order chi connectivity index (χ1) is 10.0. The van der Waals surface area contributed by atoms with Crippen molar-refractivity contribution in [1.29, 1.82) is 0 Å². The maximum absolute atomic E-state index is 11.7. The van der Waals surface area contributed by atoms with Gasteiger partial charge in [-0.1, -0.05) is 44.2 Å². The summed E-state index contributed by atoms with van der Waals surface area (Å²) in [7, 11) is 0. The van der Waals surface area contributed by atoms with E-state index in [1.807, 2.05) is 32.0 Å². The summed E-state index contributed by atoms with van der Waals surface area (Å²) in [5, 5.41) is 11.3. The number of carbonyl (C=O) groups excluding carboxylic acids is 1. The van der Waals surface area contributed by atoms with Crippen LogP contribution in [0.15, 0.2) is 30.3 Å². The van der Waals surface area contributed by atoms with E-state index in [1.165, 1.54) is 17.3 Å². The van der Waals surface area contributed by atoms with Crippen molar-refractivity contribution in [2.45, 2.75) is 31.9 Å². The number of aryl methyl sites for hydroxylation is 1. The van der Waals surface area contributed by atoms with E-state index in [4.69, 9.17) is 5.11 Å². The molecule has 1 amide bonds. The summed E-state index contributed by atoms with van der Waals surface area (Å²) in [6.45, 7) is 4.32. The Morgan fingerprint density at radius 2 is 1.90 bits per heavy atom. The van der Waals surface area contributed by atoms with Gasteiger partial charge in [-0.25, -0.2) is 0 Å². The number of benzene rings is 1. The van der Waals surface area contributed by atoms with Gasteiger partial charge in [0.1, 0.15) is 5.25 Å². The molecular weight excluding hydrogens is 286 g/mol. The number of aliphatic carboxylic acids is 1. The fraction of sp³-hybridized carbons (Fsp3) is 0.500. The Morgan fingerprint density at radius 3 is 2.48 bits per heavy atom. The molecule has 0 aliphatic carbocycles. The summed E-state index contributed by atoms with van der Waals surface area (Å²) in [5.41, 5.74) is 1.26. The summed E-state index contributed by atoms with van der Waals surface area (Å²) in [6, 6.07) is 10.1. The van der Waals surface area contributed by atoms with Crippen LogP contribution < -0.4 is 5.32 Å². The average Bonchev–Trinajstić information content (AvgIpc) is 2.44. The van der Waals surface area contributed by atoms with Crippen LogP contribution in [0.25, 0.3) is 0 Å². The summed E-state index contributed by atoms with van der Waals surface area (Å²) < 4.78 is 0. The first-order valence-electron chi connectivity index (χ1n) is 7.15. The molecule has 1 atom stereocenters. The molecule has 0 radical (unpaired) electrons. The Kier molecular flexibility index (Phi) is 7.90. The highest BCUT2D eigenvalue weighted by Gasteiger charge is 2.22. The first-order valence-corrected chi connectivity index (χ1v) is 8.20. The van der Waals surface area contributed by atoms with Crippen molar-refractivity contribution in [2.75, 3.05) is 12.3 Å². The molecule has 2 N–H and O–H groups in total. The van der Waals surface area contributed by atoms with Gasteiger partial charge in [0.05, 0.1) is 5.75 Å². The molecule has 1 rings (SSSR count). The molecule has 1 aromatic carbocycles. The molecule has 5 heteroatoms. The Morgan fingerprint density at radius 1 is 1.24 bits per heavy atom. The number of amides is 1. The van der Waals surface area contributed by atoms with Crippen LogP contribution in [0.2, 0.25) is 0 Å². The average molecular weight is 309 g/mol. The van der Waals surface area contributed by atoms with E-state index in [0.29, 0.717) is 6.54 Å². The van der Waals surface area contributed by atoms with E-state index in [0.717, 1.165) is 12.8 Å². The third kappa shape index (κ3) is 7.18. The maximum Gasteiger partial charge on any atom is 0.316 e. The Balaban J connectivity index is 2.18. The number of carboxylic acid groups (broad SMARTS) is 1. The topological polar surface area (TPSA) is 66.4 Å². The van der Waals surface area contributed by atoms with Crippen LogP contribution in [0.3, 0.4) is 0 Å². The lowest BCUT2D eigenvalue weighted by Gasteiger charge is -2.15. The monoisotopic (exact) mass is 309 g/mol. The van der Waals surface area contributed by atoms with Crippen LogP contribution in [0.5, 0.6) is 0 Å². The van der Waals surface area contributed by atoms with Gasteiger partial charge in [-0.3, -0.25) is 9.59 Å². The second kappa shape index (κ2) is 9.45. The zero-order chi connectivity index (χ0) is 15.7. The van der Waals surface area contributed by atoms with Gasteiger partial charge in [0.25, 0.3) is 0 Å². The number of carboxylic acids is 1. The van der Waals surface area contributed by atoms with Crippen LogP contribution in [0.4, 0.5) is 0 Å². The van der Waals surface area contributed by atoms with Gasteiger partial charge < -0.3 is 10.4 Å². The molecule has 0 spiro atoms.